The fourth-order valence-corrected chi connectivity index (χ4v) is 4.34. The van der Waals surface area contributed by atoms with E-state index in [1.165, 1.54) is 0 Å². The molecule has 0 saturated carbocycles. The Labute approximate surface area is 183 Å². The van der Waals surface area contributed by atoms with Crippen molar-refractivity contribution in [1.82, 2.24) is 10.2 Å². The van der Waals surface area contributed by atoms with Gasteiger partial charge in [0.15, 0.2) is 11.5 Å². The number of benzene rings is 2. The Morgan fingerprint density at radius 3 is 2.52 bits per heavy atom. The average molecular weight is 507 g/mol. The quantitative estimate of drug-likeness (QED) is 0.487. The third-order valence-electron chi connectivity index (χ3n) is 5.08. The van der Waals surface area contributed by atoms with Gasteiger partial charge in [-0.15, -0.1) is 0 Å². The molecule has 8 heteroatoms. The number of fused-ring (bicyclic) bond motifs is 1. The Hall–Kier alpha value is -2.33. The molecule has 2 heterocycles. The largest absolute Gasteiger partial charge is 0.496 e. The van der Waals surface area contributed by atoms with Crippen molar-refractivity contribution in [3.05, 3.63) is 45.7 Å². The molecule has 152 valence electrons. The molecule has 2 aromatic carbocycles. The van der Waals surface area contributed by atoms with Crippen molar-refractivity contribution < 1.29 is 18.9 Å². The van der Waals surface area contributed by atoms with Gasteiger partial charge in [-0.3, -0.25) is 0 Å². The van der Waals surface area contributed by atoms with E-state index in [9.17, 15) is 0 Å². The molecule has 0 radical (unpaired) electrons. The first kappa shape index (κ1) is 20.0. The maximum Gasteiger partial charge on any atom is 0.162 e. The highest BCUT2D eigenvalue weighted by molar-refractivity contribution is 14.1. The van der Waals surface area contributed by atoms with Crippen molar-refractivity contribution >= 4 is 39.2 Å². The SMILES string of the molecule is COc1ccc(C2CN(c3cnnc4cc(OC)c(OC)cc34)CCO2)cc1I. The van der Waals surface area contributed by atoms with Crippen LogP contribution in [0.2, 0.25) is 0 Å². The molecule has 0 spiro atoms. The Morgan fingerprint density at radius 1 is 1.03 bits per heavy atom. The van der Waals surface area contributed by atoms with Gasteiger partial charge in [-0.2, -0.15) is 10.2 Å². The molecule has 0 amide bonds. The van der Waals surface area contributed by atoms with E-state index in [0.717, 1.165) is 44.6 Å². The summed E-state index contributed by atoms with van der Waals surface area (Å²) < 4.78 is 23.4. The number of hydrogen-bond donors (Lipinski definition) is 0. The van der Waals surface area contributed by atoms with Crippen LogP contribution in [0.25, 0.3) is 10.9 Å². The molecule has 29 heavy (non-hydrogen) atoms. The molecule has 0 N–H and O–H groups in total. The van der Waals surface area contributed by atoms with E-state index in [0.29, 0.717) is 18.1 Å². The van der Waals surface area contributed by atoms with E-state index in [-0.39, 0.29) is 6.10 Å². The van der Waals surface area contributed by atoms with Gasteiger partial charge in [-0.1, -0.05) is 6.07 Å². The van der Waals surface area contributed by atoms with E-state index in [1.807, 2.05) is 18.2 Å². The van der Waals surface area contributed by atoms with E-state index >= 15 is 0 Å². The average Bonchev–Trinajstić information content (AvgIpc) is 2.77. The summed E-state index contributed by atoms with van der Waals surface area (Å²) in [6.07, 6.45) is 1.76. The van der Waals surface area contributed by atoms with E-state index in [4.69, 9.17) is 18.9 Å². The summed E-state index contributed by atoms with van der Waals surface area (Å²) in [7, 11) is 4.93. The van der Waals surface area contributed by atoms with Crippen molar-refractivity contribution in [2.75, 3.05) is 45.9 Å². The summed E-state index contributed by atoms with van der Waals surface area (Å²) in [5.74, 6) is 2.18. The van der Waals surface area contributed by atoms with Crippen molar-refractivity contribution in [3.63, 3.8) is 0 Å². The topological polar surface area (TPSA) is 65.9 Å². The molecule has 1 aromatic heterocycles. The molecule has 1 atom stereocenters. The number of nitrogens with zero attached hydrogens (tertiary/aromatic N) is 3. The van der Waals surface area contributed by atoms with Crippen LogP contribution in [0.15, 0.2) is 36.5 Å². The second-order valence-electron chi connectivity index (χ2n) is 6.65. The van der Waals surface area contributed by atoms with Gasteiger partial charge < -0.3 is 23.8 Å². The molecule has 1 fully saturated rings. The number of anilines is 1. The van der Waals surface area contributed by atoms with Gasteiger partial charge in [0.2, 0.25) is 0 Å². The minimum Gasteiger partial charge on any atom is -0.496 e. The first-order valence-electron chi connectivity index (χ1n) is 9.22. The summed E-state index contributed by atoms with van der Waals surface area (Å²) >= 11 is 2.29. The van der Waals surface area contributed by atoms with Gasteiger partial charge in [0.05, 0.1) is 48.9 Å². The number of ether oxygens (including phenoxy) is 4. The lowest BCUT2D eigenvalue weighted by molar-refractivity contribution is 0.0398. The lowest BCUT2D eigenvalue weighted by atomic mass is 10.1. The Balaban J connectivity index is 1.68. The highest BCUT2D eigenvalue weighted by Gasteiger charge is 2.25. The predicted octanol–water partition coefficient (Wildman–Crippen LogP) is 3.84. The molecule has 0 bridgehead atoms. The molecule has 1 aliphatic heterocycles. The number of aromatic nitrogens is 2. The maximum absolute atomic E-state index is 6.07. The highest BCUT2D eigenvalue weighted by atomic mass is 127. The Kier molecular flexibility index (Phi) is 5.91. The lowest BCUT2D eigenvalue weighted by Crippen LogP contribution is -2.38. The molecular weight excluding hydrogens is 485 g/mol. The Morgan fingerprint density at radius 2 is 1.79 bits per heavy atom. The van der Waals surface area contributed by atoms with Crippen molar-refractivity contribution in [1.29, 1.82) is 0 Å². The molecule has 1 unspecified atom stereocenters. The monoisotopic (exact) mass is 507 g/mol. The van der Waals surface area contributed by atoms with Crippen LogP contribution in [0.1, 0.15) is 11.7 Å². The molecule has 4 rings (SSSR count). The summed E-state index contributed by atoms with van der Waals surface area (Å²) in [4.78, 5) is 2.29. The van der Waals surface area contributed by atoms with Gasteiger partial charge in [0.25, 0.3) is 0 Å². The van der Waals surface area contributed by atoms with Crippen LogP contribution < -0.4 is 19.1 Å². The lowest BCUT2D eigenvalue weighted by Gasteiger charge is -2.35. The normalized spacial score (nSPS) is 16.7. The Bertz CT molecular complexity index is 1030. The van der Waals surface area contributed by atoms with E-state index in [2.05, 4.69) is 49.8 Å². The molecule has 1 saturated heterocycles. The molecule has 3 aromatic rings. The van der Waals surface area contributed by atoms with Crippen LogP contribution in [-0.2, 0) is 4.74 Å². The third-order valence-corrected chi connectivity index (χ3v) is 5.92. The predicted molar refractivity (Wildman–Crippen MR) is 119 cm³/mol. The smallest absolute Gasteiger partial charge is 0.162 e. The fraction of sp³-hybridized carbons (Fsp3) is 0.333. The molecule has 0 aliphatic carbocycles. The van der Waals surface area contributed by atoms with Gasteiger partial charge in [-0.25, -0.2) is 0 Å². The van der Waals surface area contributed by atoms with Crippen LogP contribution in [0.4, 0.5) is 5.69 Å². The van der Waals surface area contributed by atoms with Crippen molar-refractivity contribution in [2.45, 2.75) is 6.10 Å². The summed E-state index contributed by atoms with van der Waals surface area (Å²) in [6.45, 7) is 2.13. The maximum atomic E-state index is 6.07. The summed E-state index contributed by atoms with van der Waals surface area (Å²) in [5.41, 5.74) is 2.90. The number of rotatable bonds is 5. The van der Waals surface area contributed by atoms with E-state index < -0.39 is 0 Å². The second kappa shape index (κ2) is 8.58. The van der Waals surface area contributed by atoms with Crippen LogP contribution in [0.3, 0.4) is 0 Å². The molecular formula is C21H22IN3O4. The zero-order valence-electron chi connectivity index (χ0n) is 16.5. The van der Waals surface area contributed by atoms with Crippen LogP contribution in [0.5, 0.6) is 17.2 Å². The molecule has 7 nitrogen and oxygen atoms in total. The second-order valence-corrected chi connectivity index (χ2v) is 7.82. The van der Waals surface area contributed by atoms with Crippen molar-refractivity contribution in [2.24, 2.45) is 0 Å². The molecule has 1 aliphatic rings. The minimum atomic E-state index is -0.0356. The van der Waals surface area contributed by atoms with Crippen LogP contribution >= 0.6 is 22.6 Å². The number of morpholine rings is 1. The van der Waals surface area contributed by atoms with Crippen LogP contribution in [-0.4, -0.2) is 51.2 Å². The fourth-order valence-electron chi connectivity index (χ4n) is 3.58. The summed E-state index contributed by atoms with van der Waals surface area (Å²) in [5, 5.41) is 9.45. The first-order chi connectivity index (χ1) is 14.1. The van der Waals surface area contributed by atoms with Crippen molar-refractivity contribution in [3.8, 4) is 17.2 Å². The number of methoxy groups -OCH3 is 3. The van der Waals surface area contributed by atoms with Gasteiger partial charge in [0.1, 0.15) is 11.9 Å². The van der Waals surface area contributed by atoms with E-state index in [1.54, 1.807) is 27.5 Å². The minimum absolute atomic E-state index is 0.0356. The zero-order chi connectivity index (χ0) is 20.4. The van der Waals surface area contributed by atoms with Gasteiger partial charge in [0, 0.05) is 24.5 Å². The van der Waals surface area contributed by atoms with Gasteiger partial charge >= 0.3 is 0 Å². The zero-order valence-corrected chi connectivity index (χ0v) is 18.7. The highest BCUT2D eigenvalue weighted by Crippen LogP contribution is 2.37. The number of hydrogen-bond acceptors (Lipinski definition) is 7. The van der Waals surface area contributed by atoms with Crippen LogP contribution in [0, 0.1) is 3.57 Å². The standard InChI is InChI=1S/C21H22IN3O4/c1-26-18-5-4-13(8-15(18)22)21-12-25(6-7-29-21)17-11-23-24-16-10-20(28-3)19(27-2)9-14(16)17/h4-5,8-11,21H,6-7,12H2,1-3H3. The third kappa shape index (κ3) is 3.91. The summed E-state index contributed by atoms with van der Waals surface area (Å²) in [6, 6.07) is 9.98. The first-order valence-corrected chi connectivity index (χ1v) is 10.3. The van der Waals surface area contributed by atoms with Gasteiger partial charge in [-0.05, 0) is 46.4 Å². The number of halogens is 1.